The second kappa shape index (κ2) is 5.09. The van der Waals surface area contributed by atoms with Crippen molar-refractivity contribution in [3.63, 3.8) is 0 Å². The lowest BCUT2D eigenvalue weighted by atomic mass is 10.2. The molecule has 2 heterocycles. The van der Waals surface area contributed by atoms with Gasteiger partial charge in [0.1, 0.15) is 11.5 Å². The quantitative estimate of drug-likeness (QED) is 0.654. The molecule has 6 nitrogen and oxygen atoms in total. The van der Waals surface area contributed by atoms with Gasteiger partial charge in [0, 0.05) is 17.3 Å². The van der Waals surface area contributed by atoms with E-state index in [0.29, 0.717) is 11.6 Å². The largest absolute Gasteiger partial charge is 0.466 e. The van der Waals surface area contributed by atoms with E-state index in [0.717, 1.165) is 22.8 Å². The van der Waals surface area contributed by atoms with E-state index >= 15 is 0 Å². The van der Waals surface area contributed by atoms with E-state index in [-0.39, 0.29) is 5.56 Å². The number of hydrogen-bond acceptors (Lipinski definition) is 5. The average molecular weight is 260 g/mol. The molecule has 0 unspecified atom stereocenters. The van der Waals surface area contributed by atoms with Crippen LogP contribution in [0.2, 0.25) is 0 Å². The van der Waals surface area contributed by atoms with Gasteiger partial charge in [0.05, 0.1) is 5.71 Å². The van der Waals surface area contributed by atoms with Gasteiger partial charge in [0.25, 0.3) is 5.56 Å². The number of H-pyrrole nitrogens is 1. The third-order valence-electron chi connectivity index (χ3n) is 2.63. The Kier molecular flexibility index (Phi) is 3.50. The topological polar surface area (TPSA) is 83.3 Å². The molecule has 0 aliphatic rings. The van der Waals surface area contributed by atoms with Crippen molar-refractivity contribution in [2.75, 3.05) is 5.43 Å². The molecule has 0 aliphatic heterocycles. The smallest absolute Gasteiger partial charge is 0.252 e. The fraction of sp³-hybridized carbons (Fsp3) is 0.308. The molecular weight excluding hydrogens is 244 g/mol. The standard InChI is InChI=1S/C13H16N4O2/c1-7-5-12(18)15-13(14-7)17-16-9(3)11-6-8(2)19-10(11)4/h5-6H,1-4H3,(H2,14,15,17,18). The fourth-order valence-corrected chi connectivity index (χ4v) is 1.82. The number of aromatic amines is 1. The summed E-state index contributed by atoms with van der Waals surface area (Å²) in [6.45, 7) is 7.38. The van der Waals surface area contributed by atoms with Gasteiger partial charge in [0.2, 0.25) is 5.95 Å². The van der Waals surface area contributed by atoms with Crippen LogP contribution in [0.5, 0.6) is 0 Å². The highest BCUT2D eigenvalue weighted by atomic mass is 16.3. The lowest BCUT2D eigenvalue weighted by Gasteiger charge is -2.02. The summed E-state index contributed by atoms with van der Waals surface area (Å²) in [5.74, 6) is 1.97. The van der Waals surface area contributed by atoms with Crippen LogP contribution in [0.15, 0.2) is 26.4 Å². The summed E-state index contributed by atoms with van der Waals surface area (Å²) < 4.78 is 5.44. The zero-order valence-electron chi connectivity index (χ0n) is 11.4. The van der Waals surface area contributed by atoms with Gasteiger partial charge >= 0.3 is 0 Å². The first-order chi connectivity index (χ1) is 8.95. The lowest BCUT2D eigenvalue weighted by Crippen LogP contribution is -2.11. The molecule has 0 saturated heterocycles. The minimum absolute atomic E-state index is 0.210. The second-order valence-electron chi connectivity index (χ2n) is 4.37. The van der Waals surface area contributed by atoms with E-state index in [9.17, 15) is 4.79 Å². The highest BCUT2D eigenvalue weighted by Crippen LogP contribution is 2.14. The molecule has 0 atom stereocenters. The van der Waals surface area contributed by atoms with Crippen LogP contribution in [0.3, 0.4) is 0 Å². The molecule has 0 aromatic carbocycles. The van der Waals surface area contributed by atoms with E-state index in [1.54, 1.807) is 6.92 Å². The zero-order valence-corrected chi connectivity index (χ0v) is 11.4. The number of nitrogens with zero attached hydrogens (tertiary/aromatic N) is 2. The zero-order chi connectivity index (χ0) is 14.0. The number of hydrazone groups is 1. The van der Waals surface area contributed by atoms with Gasteiger partial charge in [-0.1, -0.05) is 0 Å². The van der Waals surface area contributed by atoms with Crippen LogP contribution in [-0.2, 0) is 0 Å². The number of aryl methyl sites for hydroxylation is 3. The molecule has 0 spiro atoms. The van der Waals surface area contributed by atoms with Crippen molar-refractivity contribution < 1.29 is 4.42 Å². The van der Waals surface area contributed by atoms with Crippen LogP contribution in [0, 0.1) is 20.8 Å². The van der Waals surface area contributed by atoms with E-state index in [1.807, 2.05) is 26.8 Å². The van der Waals surface area contributed by atoms with Gasteiger partial charge in [-0.25, -0.2) is 10.4 Å². The van der Waals surface area contributed by atoms with Crippen LogP contribution in [0.25, 0.3) is 0 Å². The van der Waals surface area contributed by atoms with Crippen LogP contribution < -0.4 is 11.0 Å². The number of furan rings is 1. The van der Waals surface area contributed by atoms with Crippen molar-refractivity contribution in [3.05, 3.63) is 45.3 Å². The molecule has 0 amide bonds. The van der Waals surface area contributed by atoms with Crippen LogP contribution in [0.1, 0.15) is 29.7 Å². The highest BCUT2D eigenvalue weighted by molar-refractivity contribution is 5.99. The number of hydrogen-bond donors (Lipinski definition) is 2. The van der Waals surface area contributed by atoms with Gasteiger partial charge in [-0.2, -0.15) is 5.10 Å². The van der Waals surface area contributed by atoms with E-state index in [4.69, 9.17) is 4.42 Å². The van der Waals surface area contributed by atoms with Crippen molar-refractivity contribution >= 4 is 11.7 Å². The number of aromatic nitrogens is 2. The summed E-state index contributed by atoms with van der Waals surface area (Å²) in [7, 11) is 0. The van der Waals surface area contributed by atoms with E-state index in [1.165, 1.54) is 6.07 Å². The first-order valence-electron chi connectivity index (χ1n) is 5.91. The van der Waals surface area contributed by atoms with Crippen molar-refractivity contribution in [3.8, 4) is 0 Å². The summed E-state index contributed by atoms with van der Waals surface area (Å²) in [5, 5.41) is 4.20. The molecule has 2 aromatic rings. The van der Waals surface area contributed by atoms with E-state index in [2.05, 4.69) is 20.5 Å². The highest BCUT2D eigenvalue weighted by Gasteiger charge is 2.07. The van der Waals surface area contributed by atoms with Crippen molar-refractivity contribution in [2.24, 2.45) is 5.10 Å². The molecule has 0 radical (unpaired) electrons. The van der Waals surface area contributed by atoms with Crippen LogP contribution >= 0.6 is 0 Å². The van der Waals surface area contributed by atoms with Gasteiger partial charge < -0.3 is 4.42 Å². The first-order valence-corrected chi connectivity index (χ1v) is 5.91. The molecule has 6 heteroatoms. The SMILES string of the molecule is CC(=NNc1nc(C)cc(=O)[nH]1)c1cc(C)oc1C. The molecule has 100 valence electrons. The monoisotopic (exact) mass is 260 g/mol. The summed E-state index contributed by atoms with van der Waals surface area (Å²) in [4.78, 5) is 18.0. The van der Waals surface area contributed by atoms with E-state index < -0.39 is 0 Å². The van der Waals surface area contributed by atoms with Crippen LogP contribution in [-0.4, -0.2) is 15.7 Å². The molecule has 0 fully saturated rings. The Morgan fingerprint density at radius 2 is 2.11 bits per heavy atom. The number of nitrogens with one attached hydrogen (secondary N) is 2. The predicted molar refractivity (Wildman–Crippen MR) is 73.6 cm³/mol. The number of rotatable bonds is 3. The summed E-state index contributed by atoms with van der Waals surface area (Å²) in [5.41, 5.74) is 4.86. The van der Waals surface area contributed by atoms with Gasteiger partial charge in [-0.15, -0.1) is 0 Å². The molecule has 2 aromatic heterocycles. The average Bonchev–Trinajstić information content (AvgIpc) is 2.64. The Labute approximate surface area is 110 Å². The molecule has 2 rings (SSSR count). The van der Waals surface area contributed by atoms with Crippen molar-refractivity contribution in [1.82, 2.24) is 9.97 Å². The Balaban J connectivity index is 2.22. The fourth-order valence-electron chi connectivity index (χ4n) is 1.82. The van der Waals surface area contributed by atoms with Crippen LogP contribution in [0.4, 0.5) is 5.95 Å². The Hall–Kier alpha value is -2.37. The minimum Gasteiger partial charge on any atom is -0.466 e. The summed E-state index contributed by atoms with van der Waals surface area (Å²) >= 11 is 0. The molecule has 0 saturated carbocycles. The normalized spacial score (nSPS) is 11.7. The van der Waals surface area contributed by atoms with Gasteiger partial charge in [0.15, 0.2) is 0 Å². The predicted octanol–water partition coefficient (Wildman–Crippen LogP) is 2.12. The first kappa shape index (κ1) is 13.1. The molecule has 0 bridgehead atoms. The maximum Gasteiger partial charge on any atom is 0.252 e. The third kappa shape index (κ3) is 3.09. The van der Waals surface area contributed by atoms with Gasteiger partial charge in [-0.05, 0) is 33.8 Å². The maximum absolute atomic E-state index is 11.3. The Morgan fingerprint density at radius 1 is 1.37 bits per heavy atom. The molecular formula is C13H16N4O2. The maximum atomic E-state index is 11.3. The minimum atomic E-state index is -0.210. The second-order valence-corrected chi connectivity index (χ2v) is 4.37. The Bertz CT molecular complexity index is 682. The molecule has 19 heavy (non-hydrogen) atoms. The van der Waals surface area contributed by atoms with Crippen molar-refractivity contribution in [2.45, 2.75) is 27.7 Å². The molecule has 0 aliphatic carbocycles. The van der Waals surface area contributed by atoms with Crippen molar-refractivity contribution in [1.29, 1.82) is 0 Å². The molecule has 2 N–H and O–H groups in total. The summed E-state index contributed by atoms with van der Waals surface area (Å²) in [6, 6.07) is 3.34. The lowest BCUT2D eigenvalue weighted by molar-refractivity contribution is 0.504. The van der Waals surface area contributed by atoms with Gasteiger partial charge in [-0.3, -0.25) is 9.78 Å². The summed E-state index contributed by atoms with van der Waals surface area (Å²) in [6.07, 6.45) is 0. The number of anilines is 1. The Morgan fingerprint density at radius 3 is 2.68 bits per heavy atom. The third-order valence-corrected chi connectivity index (χ3v) is 2.63.